The van der Waals surface area contributed by atoms with Gasteiger partial charge in [-0.3, -0.25) is 0 Å². The Morgan fingerprint density at radius 3 is 2.56 bits per heavy atom. The van der Waals surface area contributed by atoms with E-state index in [0.29, 0.717) is 6.54 Å². The molecule has 2 rings (SSSR count). The van der Waals surface area contributed by atoms with Crippen LogP contribution in [0.5, 0.6) is 0 Å². The van der Waals surface area contributed by atoms with E-state index in [2.05, 4.69) is 0 Å². The summed E-state index contributed by atoms with van der Waals surface area (Å²) < 4.78 is 19.3. The Kier molecular flexibility index (Phi) is 3.84. The first-order valence-electron chi connectivity index (χ1n) is 5.98. The second kappa shape index (κ2) is 5.22. The molecule has 98 valence electrons. The molecule has 3 nitrogen and oxygen atoms in total. The molecule has 0 amide bonds. The Bertz CT molecular complexity index is 430. The number of halogens is 1. The molecule has 0 bridgehead atoms. The molecule has 0 spiro atoms. The third-order valence-corrected chi connectivity index (χ3v) is 3.33. The summed E-state index contributed by atoms with van der Waals surface area (Å²) in [5.41, 5.74) is 0.894. The molecule has 1 heterocycles. The van der Waals surface area contributed by atoms with Crippen molar-refractivity contribution < 1.29 is 13.7 Å². The third kappa shape index (κ3) is 3.41. The van der Waals surface area contributed by atoms with Gasteiger partial charge in [0, 0.05) is 0 Å². The van der Waals surface area contributed by atoms with E-state index in [4.69, 9.17) is 9.26 Å². The number of nitrogens with zero attached hydrogens (tertiary/aromatic N) is 1. The summed E-state index contributed by atoms with van der Waals surface area (Å²) in [6, 6.07) is 9.61. The van der Waals surface area contributed by atoms with Gasteiger partial charge in [-0.1, -0.05) is 18.2 Å². The number of hydrogen-bond acceptors (Lipinski definition) is 3. The van der Waals surface area contributed by atoms with Gasteiger partial charge in [0.05, 0.1) is 12.2 Å². The minimum absolute atomic E-state index is 0.343. The van der Waals surface area contributed by atoms with Crippen LogP contribution in [0, 0.1) is 0 Å². The first-order valence-corrected chi connectivity index (χ1v) is 9.39. The van der Waals surface area contributed by atoms with Crippen LogP contribution in [0.15, 0.2) is 42.2 Å². The average molecular weight is 267 g/mol. The standard InChI is InChI=1S/C13H18FNO2Si/c1-18(2,3)17-13-12(14)9-10-15(16-13)11-7-5-4-6-8-11/h4-9,13H,10H2,1-3H3. The van der Waals surface area contributed by atoms with Crippen molar-refractivity contribution in [2.75, 3.05) is 11.6 Å². The van der Waals surface area contributed by atoms with Crippen LogP contribution in [-0.4, -0.2) is 21.2 Å². The Morgan fingerprint density at radius 1 is 1.28 bits per heavy atom. The van der Waals surface area contributed by atoms with E-state index >= 15 is 0 Å². The van der Waals surface area contributed by atoms with E-state index in [9.17, 15) is 4.39 Å². The number of benzene rings is 1. The van der Waals surface area contributed by atoms with Crippen molar-refractivity contribution in [2.24, 2.45) is 0 Å². The predicted octanol–water partition coefficient (Wildman–Crippen LogP) is 3.47. The van der Waals surface area contributed by atoms with Crippen LogP contribution >= 0.6 is 0 Å². The Labute approximate surface area is 108 Å². The second-order valence-corrected chi connectivity index (χ2v) is 9.61. The molecule has 0 saturated heterocycles. The minimum Gasteiger partial charge on any atom is -0.386 e. The van der Waals surface area contributed by atoms with E-state index < -0.39 is 14.6 Å². The lowest BCUT2D eigenvalue weighted by Crippen LogP contribution is -2.41. The van der Waals surface area contributed by atoms with Crippen molar-refractivity contribution in [1.29, 1.82) is 0 Å². The first-order chi connectivity index (χ1) is 8.46. The lowest BCUT2D eigenvalue weighted by Gasteiger charge is -2.33. The van der Waals surface area contributed by atoms with Gasteiger partial charge in [0.25, 0.3) is 0 Å². The molecule has 0 fully saturated rings. The van der Waals surface area contributed by atoms with Crippen molar-refractivity contribution in [2.45, 2.75) is 25.9 Å². The van der Waals surface area contributed by atoms with Gasteiger partial charge >= 0.3 is 0 Å². The van der Waals surface area contributed by atoms with Crippen molar-refractivity contribution in [3.8, 4) is 0 Å². The summed E-state index contributed by atoms with van der Waals surface area (Å²) in [6.07, 6.45) is 0.590. The van der Waals surface area contributed by atoms with Crippen LogP contribution in [-0.2, 0) is 9.26 Å². The number of rotatable bonds is 3. The summed E-state index contributed by atoms with van der Waals surface area (Å²) >= 11 is 0. The van der Waals surface area contributed by atoms with Crippen LogP contribution in [0.25, 0.3) is 0 Å². The molecule has 1 unspecified atom stereocenters. The fourth-order valence-electron chi connectivity index (χ4n) is 1.63. The zero-order chi connectivity index (χ0) is 13.2. The molecule has 1 aromatic carbocycles. The van der Waals surface area contributed by atoms with Gasteiger partial charge in [0.1, 0.15) is 0 Å². The van der Waals surface area contributed by atoms with Crippen LogP contribution in [0.1, 0.15) is 0 Å². The predicted molar refractivity (Wildman–Crippen MR) is 72.3 cm³/mol. The monoisotopic (exact) mass is 267 g/mol. The zero-order valence-corrected chi connectivity index (χ0v) is 11.9. The molecular weight excluding hydrogens is 249 g/mol. The maximum atomic E-state index is 13.7. The minimum atomic E-state index is -1.85. The van der Waals surface area contributed by atoms with Crippen molar-refractivity contribution in [3.05, 3.63) is 42.2 Å². The van der Waals surface area contributed by atoms with E-state index in [0.717, 1.165) is 5.69 Å². The van der Waals surface area contributed by atoms with Crippen molar-refractivity contribution in [3.63, 3.8) is 0 Å². The van der Waals surface area contributed by atoms with E-state index in [-0.39, 0.29) is 5.83 Å². The van der Waals surface area contributed by atoms with Gasteiger partial charge in [-0.2, -0.15) is 0 Å². The van der Waals surface area contributed by atoms with Gasteiger partial charge in [0.2, 0.25) is 6.29 Å². The van der Waals surface area contributed by atoms with Gasteiger partial charge in [-0.25, -0.2) is 14.3 Å². The highest BCUT2D eigenvalue weighted by Crippen LogP contribution is 2.25. The van der Waals surface area contributed by atoms with E-state index in [1.165, 1.54) is 6.08 Å². The van der Waals surface area contributed by atoms with E-state index in [1.54, 1.807) is 5.06 Å². The highest BCUT2D eigenvalue weighted by Gasteiger charge is 2.30. The van der Waals surface area contributed by atoms with Gasteiger partial charge in [-0.05, 0) is 37.8 Å². The average Bonchev–Trinajstić information content (AvgIpc) is 2.31. The molecule has 0 saturated carbocycles. The Morgan fingerprint density at radius 2 is 1.94 bits per heavy atom. The molecule has 1 atom stereocenters. The Balaban J connectivity index is 2.11. The fraction of sp³-hybridized carbons (Fsp3) is 0.385. The molecular formula is C13H18FNO2Si. The number of para-hydroxylation sites is 1. The SMILES string of the molecule is C[Si](C)(C)OC1ON(c2ccccc2)CC=C1F. The first kappa shape index (κ1) is 13.3. The molecule has 18 heavy (non-hydrogen) atoms. The summed E-state index contributed by atoms with van der Waals surface area (Å²) in [7, 11) is -1.85. The normalized spacial score (nSPS) is 20.8. The summed E-state index contributed by atoms with van der Waals surface area (Å²) in [6.45, 7) is 6.41. The molecule has 1 aromatic rings. The summed E-state index contributed by atoms with van der Waals surface area (Å²) in [5, 5.41) is 1.65. The molecule has 5 heteroatoms. The molecule has 0 N–H and O–H groups in total. The molecule has 0 aromatic heterocycles. The maximum absolute atomic E-state index is 13.7. The summed E-state index contributed by atoms with van der Waals surface area (Å²) in [5.74, 6) is -0.343. The van der Waals surface area contributed by atoms with Gasteiger partial charge < -0.3 is 4.43 Å². The highest BCUT2D eigenvalue weighted by molar-refractivity contribution is 6.69. The quantitative estimate of drug-likeness (QED) is 0.783. The molecule has 1 aliphatic rings. The van der Waals surface area contributed by atoms with Crippen LogP contribution in [0.3, 0.4) is 0 Å². The van der Waals surface area contributed by atoms with Crippen molar-refractivity contribution >= 4 is 14.0 Å². The van der Waals surface area contributed by atoms with Crippen LogP contribution in [0.2, 0.25) is 19.6 Å². The Hall–Kier alpha value is -1.17. The van der Waals surface area contributed by atoms with Crippen molar-refractivity contribution in [1.82, 2.24) is 0 Å². The lowest BCUT2D eigenvalue weighted by molar-refractivity contribution is -0.0894. The maximum Gasteiger partial charge on any atom is 0.227 e. The smallest absolute Gasteiger partial charge is 0.227 e. The van der Waals surface area contributed by atoms with E-state index in [1.807, 2.05) is 50.0 Å². The molecule has 0 radical (unpaired) electrons. The summed E-state index contributed by atoms with van der Waals surface area (Å²) in [4.78, 5) is 5.56. The number of anilines is 1. The zero-order valence-electron chi connectivity index (χ0n) is 10.9. The van der Waals surface area contributed by atoms with Crippen LogP contribution in [0.4, 0.5) is 10.1 Å². The topological polar surface area (TPSA) is 21.7 Å². The second-order valence-electron chi connectivity index (χ2n) is 5.15. The molecule has 0 aliphatic carbocycles. The number of hydroxylamine groups is 1. The third-order valence-electron chi connectivity index (χ3n) is 2.41. The molecule has 1 aliphatic heterocycles. The van der Waals surface area contributed by atoms with Gasteiger partial charge in [0.15, 0.2) is 14.1 Å². The highest BCUT2D eigenvalue weighted by atomic mass is 28.4. The fourth-order valence-corrected chi connectivity index (χ4v) is 2.43. The lowest BCUT2D eigenvalue weighted by atomic mass is 10.3. The number of hydrogen-bond donors (Lipinski definition) is 0. The van der Waals surface area contributed by atoms with Crippen LogP contribution < -0.4 is 5.06 Å². The largest absolute Gasteiger partial charge is 0.386 e. The van der Waals surface area contributed by atoms with Gasteiger partial charge in [-0.15, -0.1) is 0 Å².